The first-order valence-electron chi connectivity index (χ1n) is 9.02. The molecule has 1 N–H and O–H groups in total. The van der Waals surface area contributed by atoms with E-state index in [9.17, 15) is 8.42 Å². The predicted molar refractivity (Wildman–Crippen MR) is 107 cm³/mol. The molecule has 1 saturated carbocycles. The van der Waals surface area contributed by atoms with Crippen molar-refractivity contribution in [3.05, 3.63) is 46.8 Å². The van der Waals surface area contributed by atoms with Crippen LogP contribution in [0.5, 0.6) is 0 Å². The Bertz CT molecular complexity index is 893. The molecule has 0 spiro atoms. The first kappa shape index (κ1) is 19.1. The Morgan fingerprint density at radius 2 is 1.81 bits per heavy atom. The van der Waals surface area contributed by atoms with E-state index < -0.39 is 15.3 Å². The average Bonchev–Trinajstić information content (AvgIpc) is 3.11. The Morgan fingerprint density at radius 1 is 1.12 bits per heavy atom. The highest BCUT2D eigenvalue weighted by Gasteiger charge is 2.31. The first-order valence-corrected chi connectivity index (χ1v) is 11.4. The Morgan fingerprint density at radius 3 is 2.42 bits per heavy atom. The number of thiophene rings is 1. The van der Waals surface area contributed by atoms with Crippen molar-refractivity contribution in [3.8, 4) is 16.5 Å². The van der Waals surface area contributed by atoms with Gasteiger partial charge < -0.3 is 0 Å². The fourth-order valence-electron chi connectivity index (χ4n) is 3.47. The van der Waals surface area contributed by atoms with Crippen molar-refractivity contribution in [2.45, 2.75) is 56.7 Å². The number of nitriles is 1. The van der Waals surface area contributed by atoms with Crippen LogP contribution in [-0.2, 0) is 10.0 Å². The van der Waals surface area contributed by atoms with E-state index in [0.29, 0.717) is 4.88 Å². The number of rotatable bonds is 5. The highest BCUT2D eigenvalue weighted by Crippen LogP contribution is 2.35. The second-order valence-electron chi connectivity index (χ2n) is 7.11. The summed E-state index contributed by atoms with van der Waals surface area (Å²) in [5.41, 5.74) is 2.28. The number of nitrogens with one attached hydrogen (secondary N) is 1. The van der Waals surface area contributed by atoms with Gasteiger partial charge in [-0.1, -0.05) is 37.1 Å². The van der Waals surface area contributed by atoms with Crippen LogP contribution < -0.4 is 4.72 Å². The Hall–Kier alpha value is -1.68. The van der Waals surface area contributed by atoms with Crippen molar-refractivity contribution >= 4 is 21.4 Å². The zero-order chi connectivity index (χ0) is 18.7. The monoisotopic (exact) mass is 388 g/mol. The minimum Gasteiger partial charge on any atom is -0.212 e. The van der Waals surface area contributed by atoms with Crippen LogP contribution in [0.1, 0.15) is 55.9 Å². The van der Waals surface area contributed by atoms with Gasteiger partial charge in [0, 0.05) is 16.8 Å². The average molecular weight is 389 g/mol. The van der Waals surface area contributed by atoms with E-state index in [0.717, 1.165) is 36.1 Å². The molecule has 1 aromatic heterocycles. The molecule has 1 aromatic carbocycles. The topological polar surface area (TPSA) is 70.0 Å². The summed E-state index contributed by atoms with van der Waals surface area (Å²) < 4.78 is 27.6. The molecule has 0 amide bonds. The summed E-state index contributed by atoms with van der Waals surface area (Å²) >= 11 is 1.49. The maximum absolute atomic E-state index is 12.3. The summed E-state index contributed by atoms with van der Waals surface area (Å²) in [5.74, 6) is 0.212. The zero-order valence-electron chi connectivity index (χ0n) is 15.1. The van der Waals surface area contributed by atoms with Gasteiger partial charge in [0.05, 0.1) is 5.25 Å². The largest absolute Gasteiger partial charge is 0.214 e. The van der Waals surface area contributed by atoms with E-state index in [1.165, 1.54) is 16.9 Å². The summed E-state index contributed by atoms with van der Waals surface area (Å²) in [6.07, 6.45) is 4.08. The van der Waals surface area contributed by atoms with Gasteiger partial charge in [0.1, 0.15) is 10.9 Å². The van der Waals surface area contributed by atoms with Crippen LogP contribution in [0, 0.1) is 11.3 Å². The minimum absolute atomic E-state index is 0.0334. The third kappa shape index (κ3) is 4.17. The predicted octanol–water partition coefficient (Wildman–Crippen LogP) is 4.64. The summed E-state index contributed by atoms with van der Waals surface area (Å²) in [5, 5.41) is 8.56. The SMILES string of the molecule is CC(C)S(=O)(=O)N[C@H]1CCCC[C@@H]1c1ccc(-c2ccc(C#N)s2)cc1. The van der Waals surface area contributed by atoms with Crippen LogP contribution in [0.4, 0.5) is 0 Å². The van der Waals surface area contributed by atoms with Crippen LogP contribution in [-0.4, -0.2) is 19.7 Å². The van der Waals surface area contributed by atoms with Gasteiger partial charge in [-0.25, -0.2) is 13.1 Å². The Kier molecular flexibility index (Phi) is 5.81. The number of nitrogens with zero attached hydrogens (tertiary/aromatic N) is 1. The van der Waals surface area contributed by atoms with Crippen LogP contribution >= 0.6 is 11.3 Å². The third-order valence-corrected chi connectivity index (χ3v) is 7.95. The fourth-order valence-corrected chi connectivity index (χ4v) is 5.25. The van der Waals surface area contributed by atoms with Crippen LogP contribution in [0.15, 0.2) is 36.4 Å². The number of hydrogen-bond acceptors (Lipinski definition) is 4. The van der Waals surface area contributed by atoms with E-state index in [-0.39, 0.29) is 12.0 Å². The number of hydrogen-bond donors (Lipinski definition) is 1. The molecule has 0 radical (unpaired) electrons. The fraction of sp³-hybridized carbons (Fsp3) is 0.450. The molecule has 0 bridgehead atoms. The van der Waals surface area contributed by atoms with Crippen LogP contribution in [0.3, 0.4) is 0 Å². The molecule has 1 aliphatic rings. The molecule has 138 valence electrons. The molecule has 0 saturated heterocycles. The maximum atomic E-state index is 12.3. The van der Waals surface area contributed by atoms with Gasteiger partial charge in [-0.05, 0) is 49.9 Å². The van der Waals surface area contributed by atoms with Crippen LogP contribution in [0.2, 0.25) is 0 Å². The number of sulfonamides is 1. The normalized spacial score (nSPS) is 20.8. The van der Waals surface area contributed by atoms with Crippen molar-refractivity contribution in [1.29, 1.82) is 5.26 Å². The van der Waals surface area contributed by atoms with Crippen LogP contribution in [0.25, 0.3) is 10.4 Å². The molecular weight excluding hydrogens is 364 g/mol. The standard InChI is InChI=1S/C20H24N2O2S2/c1-14(2)26(23,24)22-19-6-4-3-5-18(19)15-7-9-16(10-8-15)20-12-11-17(13-21)25-20/h7-12,14,18-19,22H,3-6H2,1-2H3/t18-,19+/m1/s1. The van der Waals surface area contributed by atoms with Crippen molar-refractivity contribution in [3.63, 3.8) is 0 Å². The molecule has 2 aromatic rings. The van der Waals surface area contributed by atoms with Gasteiger partial charge >= 0.3 is 0 Å². The maximum Gasteiger partial charge on any atom is 0.214 e. The molecule has 0 unspecified atom stereocenters. The third-order valence-electron chi connectivity index (χ3n) is 5.04. The molecule has 4 nitrogen and oxygen atoms in total. The summed E-state index contributed by atoms with van der Waals surface area (Å²) in [4.78, 5) is 1.79. The highest BCUT2D eigenvalue weighted by molar-refractivity contribution is 7.90. The van der Waals surface area contributed by atoms with E-state index in [2.05, 4.69) is 35.1 Å². The second-order valence-corrected chi connectivity index (χ2v) is 10.5. The van der Waals surface area contributed by atoms with Gasteiger partial charge in [0.15, 0.2) is 0 Å². The lowest BCUT2D eigenvalue weighted by molar-refractivity contribution is 0.360. The zero-order valence-corrected chi connectivity index (χ0v) is 16.7. The van der Waals surface area contributed by atoms with E-state index in [4.69, 9.17) is 5.26 Å². The smallest absolute Gasteiger partial charge is 0.212 e. The quantitative estimate of drug-likeness (QED) is 0.811. The van der Waals surface area contributed by atoms with E-state index >= 15 is 0 Å². The van der Waals surface area contributed by atoms with Gasteiger partial charge in [-0.2, -0.15) is 5.26 Å². The van der Waals surface area contributed by atoms with E-state index in [1.54, 1.807) is 13.8 Å². The van der Waals surface area contributed by atoms with Gasteiger partial charge in [-0.15, -0.1) is 11.3 Å². The lowest BCUT2D eigenvalue weighted by atomic mass is 9.80. The van der Waals surface area contributed by atoms with Crippen molar-refractivity contribution in [2.75, 3.05) is 0 Å². The lowest BCUT2D eigenvalue weighted by Gasteiger charge is -2.33. The lowest BCUT2D eigenvalue weighted by Crippen LogP contribution is -2.43. The first-order chi connectivity index (χ1) is 12.4. The molecule has 1 heterocycles. The molecule has 0 aliphatic heterocycles. The molecule has 6 heteroatoms. The molecular formula is C20H24N2O2S2. The minimum atomic E-state index is -3.27. The van der Waals surface area contributed by atoms with Gasteiger partial charge in [0.25, 0.3) is 0 Å². The highest BCUT2D eigenvalue weighted by atomic mass is 32.2. The molecule has 1 aliphatic carbocycles. The van der Waals surface area contributed by atoms with Crippen molar-refractivity contribution in [2.24, 2.45) is 0 Å². The van der Waals surface area contributed by atoms with Crippen molar-refractivity contribution in [1.82, 2.24) is 4.72 Å². The molecule has 1 fully saturated rings. The Balaban J connectivity index is 1.81. The van der Waals surface area contributed by atoms with Gasteiger partial charge in [0.2, 0.25) is 10.0 Å². The molecule has 3 rings (SSSR count). The summed E-state index contributed by atoms with van der Waals surface area (Å²) in [7, 11) is -3.27. The molecule has 26 heavy (non-hydrogen) atoms. The van der Waals surface area contributed by atoms with E-state index in [1.807, 2.05) is 12.1 Å². The van der Waals surface area contributed by atoms with Gasteiger partial charge in [-0.3, -0.25) is 0 Å². The summed E-state index contributed by atoms with van der Waals surface area (Å²) in [6.45, 7) is 3.43. The number of benzene rings is 1. The Labute approximate surface area is 159 Å². The van der Waals surface area contributed by atoms with Crippen molar-refractivity contribution < 1.29 is 8.42 Å². The summed E-state index contributed by atoms with van der Waals surface area (Å²) in [6, 6.07) is 14.3. The second kappa shape index (κ2) is 7.91. The molecule has 2 atom stereocenters.